The lowest BCUT2D eigenvalue weighted by Crippen LogP contribution is -2.49. The number of carbonyl (C=O) groups is 2. The predicted molar refractivity (Wildman–Crippen MR) is 78.0 cm³/mol. The highest BCUT2D eigenvalue weighted by Crippen LogP contribution is 2.21. The minimum atomic E-state index is -0.838. The Bertz CT molecular complexity index is 369. The van der Waals surface area contributed by atoms with E-state index >= 15 is 0 Å². The van der Waals surface area contributed by atoms with Crippen molar-refractivity contribution in [1.82, 2.24) is 10.2 Å². The Morgan fingerprint density at radius 2 is 2.00 bits per heavy atom. The van der Waals surface area contributed by atoms with E-state index in [1.165, 1.54) is 12.8 Å². The lowest BCUT2D eigenvalue weighted by atomic mass is 10.0. The van der Waals surface area contributed by atoms with E-state index in [-0.39, 0.29) is 25.1 Å². The van der Waals surface area contributed by atoms with Gasteiger partial charge in [0.1, 0.15) is 0 Å². The van der Waals surface area contributed by atoms with Gasteiger partial charge >= 0.3 is 5.97 Å². The lowest BCUT2D eigenvalue weighted by molar-refractivity contribution is -0.143. The summed E-state index contributed by atoms with van der Waals surface area (Å²) in [5, 5.41) is 12.3. The minimum Gasteiger partial charge on any atom is -0.481 e. The lowest BCUT2D eigenvalue weighted by Gasteiger charge is -2.29. The number of carboxylic acid groups (broad SMARTS) is 1. The van der Waals surface area contributed by atoms with Crippen molar-refractivity contribution >= 4 is 11.9 Å². The van der Waals surface area contributed by atoms with Gasteiger partial charge in [0.25, 0.3) is 0 Å². The SMILES string of the molecule is CCCN(CC(=O)NC1CCCC1)C1COCC1C(=O)O. The maximum Gasteiger partial charge on any atom is 0.310 e. The van der Waals surface area contributed by atoms with E-state index in [1.54, 1.807) is 0 Å². The fourth-order valence-corrected chi connectivity index (χ4v) is 3.32. The van der Waals surface area contributed by atoms with Gasteiger partial charge in [-0.3, -0.25) is 14.5 Å². The van der Waals surface area contributed by atoms with E-state index < -0.39 is 11.9 Å². The van der Waals surface area contributed by atoms with Crippen molar-refractivity contribution in [2.75, 3.05) is 26.3 Å². The summed E-state index contributed by atoms with van der Waals surface area (Å²) in [6.07, 6.45) is 5.37. The highest BCUT2D eigenvalue weighted by atomic mass is 16.5. The third kappa shape index (κ3) is 4.41. The van der Waals surface area contributed by atoms with E-state index in [0.29, 0.717) is 12.6 Å². The average Bonchev–Trinajstić information content (AvgIpc) is 3.08. The number of carboxylic acids is 1. The molecule has 2 rings (SSSR count). The number of ether oxygens (including phenoxy) is 1. The van der Waals surface area contributed by atoms with Crippen molar-refractivity contribution in [3.05, 3.63) is 0 Å². The molecule has 1 aliphatic carbocycles. The molecule has 2 atom stereocenters. The highest BCUT2D eigenvalue weighted by Gasteiger charge is 2.38. The Hall–Kier alpha value is -1.14. The Labute approximate surface area is 125 Å². The minimum absolute atomic E-state index is 0.00592. The molecule has 1 heterocycles. The van der Waals surface area contributed by atoms with Crippen LogP contribution in [-0.2, 0) is 14.3 Å². The van der Waals surface area contributed by atoms with Crippen molar-refractivity contribution in [1.29, 1.82) is 0 Å². The second-order valence-electron chi connectivity index (χ2n) is 6.07. The fraction of sp³-hybridized carbons (Fsp3) is 0.867. The van der Waals surface area contributed by atoms with Crippen LogP contribution in [0.2, 0.25) is 0 Å². The molecular formula is C15H26N2O4. The highest BCUT2D eigenvalue weighted by molar-refractivity contribution is 5.78. The Morgan fingerprint density at radius 3 is 2.62 bits per heavy atom. The van der Waals surface area contributed by atoms with Gasteiger partial charge in [0, 0.05) is 12.1 Å². The van der Waals surface area contributed by atoms with Crippen LogP contribution >= 0.6 is 0 Å². The van der Waals surface area contributed by atoms with E-state index in [1.807, 2.05) is 11.8 Å². The number of aliphatic carboxylic acids is 1. The quantitative estimate of drug-likeness (QED) is 0.729. The molecule has 2 fully saturated rings. The van der Waals surface area contributed by atoms with Crippen LogP contribution in [0.3, 0.4) is 0 Å². The number of hydrogen-bond donors (Lipinski definition) is 2. The first-order valence-corrected chi connectivity index (χ1v) is 7.95. The van der Waals surface area contributed by atoms with Gasteiger partial charge in [0.05, 0.1) is 25.7 Å². The zero-order valence-corrected chi connectivity index (χ0v) is 12.7. The zero-order valence-electron chi connectivity index (χ0n) is 12.7. The molecule has 1 aliphatic heterocycles. The number of carbonyl (C=O) groups excluding carboxylic acids is 1. The molecule has 6 nitrogen and oxygen atoms in total. The van der Waals surface area contributed by atoms with Crippen molar-refractivity contribution in [2.24, 2.45) is 5.92 Å². The van der Waals surface area contributed by atoms with Crippen molar-refractivity contribution in [3.63, 3.8) is 0 Å². The Morgan fingerprint density at radius 1 is 1.29 bits per heavy atom. The molecule has 0 spiro atoms. The number of rotatable bonds is 7. The molecule has 0 aromatic carbocycles. The van der Waals surface area contributed by atoms with Crippen molar-refractivity contribution < 1.29 is 19.4 Å². The maximum atomic E-state index is 12.2. The molecule has 2 unspecified atom stereocenters. The second kappa shape index (κ2) is 7.75. The number of nitrogens with zero attached hydrogens (tertiary/aromatic N) is 1. The van der Waals surface area contributed by atoms with Crippen LogP contribution in [0.25, 0.3) is 0 Å². The van der Waals surface area contributed by atoms with E-state index in [0.717, 1.165) is 25.8 Å². The van der Waals surface area contributed by atoms with Gasteiger partial charge in [-0.1, -0.05) is 19.8 Å². The van der Waals surface area contributed by atoms with Crippen LogP contribution in [0.4, 0.5) is 0 Å². The van der Waals surface area contributed by atoms with E-state index in [9.17, 15) is 14.7 Å². The van der Waals surface area contributed by atoms with Gasteiger partial charge < -0.3 is 15.2 Å². The molecule has 0 bridgehead atoms. The van der Waals surface area contributed by atoms with Crippen LogP contribution in [-0.4, -0.2) is 60.3 Å². The maximum absolute atomic E-state index is 12.2. The predicted octanol–water partition coefficient (Wildman–Crippen LogP) is 0.857. The monoisotopic (exact) mass is 298 g/mol. The summed E-state index contributed by atoms with van der Waals surface area (Å²) in [4.78, 5) is 25.4. The van der Waals surface area contributed by atoms with Crippen molar-refractivity contribution in [2.45, 2.75) is 51.1 Å². The van der Waals surface area contributed by atoms with Crippen LogP contribution in [0.15, 0.2) is 0 Å². The molecule has 2 N–H and O–H groups in total. The molecule has 1 amide bonds. The summed E-state index contributed by atoms with van der Waals surface area (Å²) < 4.78 is 5.32. The number of hydrogen-bond acceptors (Lipinski definition) is 4. The van der Waals surface area contributed by atoms with Gasteiger partial charge in [-0.25, -0.2) is 0 Å². The first-order valence-electron chi connectivity index (χ1n) is 7.95. The van der Waals surface area contributed by atoms with Crippen LogP contribution in [0.1, 0.15) is 39.0 Å². The van der Waals surface area contributed by atoms with Crippen LogP contribution < -0.4 is 5.32 Å². The summed E-state index contributed by atoms with van der Waals surface area (Å²) in [6, 6.07) is 0.104. The molecule has 1 saturated carbocycles. The zero-order chi connectivity index (χ0) is 15.2. The number of amides is 1. The van der Waals surface area contributed by atoms with Gasteiger partial charge in [0.15, 0.2) is 0 Å². The normalized spacial score (nSPS) is 26.4. The summed E-state index contributed by atoms with van der Waals surface area (Å²) >= 11 is 0. The molecule has 6 heteroatoms. The van der Waals surface area contributed by atoms with Crippen molar-refractivity contribution in [3.8, 4) is 0 Å². The molecule has 0 aromatic heterocycles. The topological polar surface area (TPSA) is 78.9 Å². The Balaban J connectivity index is 1.91. The summed E-state index contributed by atoms with van der Waals surface area (Å²) in [5.74, 6) is -1.36. The van der Waals surface area contributed by atoms with Gasteiger partial charge in [-0.2, -0.15) is 0 Å². The molecule has 0 radical (unpaired) electrons. The van der Waals surface area contributed by atoms with Gasteiger partial charge in [0.2, 0.25) is 5.91 Å². The van der Waals surface area contributed by atoms with Crippen LogP contribution in [0.5, 0.6) is 0 Å². The van der Waals surface area contributed by atoms with E-state index in [4.69, 9.17) is 4.74 Å². The standard InChI is InChI=1S/C15H26N2O4/c1-2-7-17(13-10-21-9-12(13)15(19)20)8-14(18)16-11-5-3-4-6-11/h11-13H,2-10H2,1H3,(H,16,18)(H,19,20). The van der Waals surface area contributed by atoms with E-state index in [2.05, 4.69) is 5.32 Å². The summed E-state index contributed by atoms with van der Waals surface area (Å²) in [7, 11) is 0. The molecule has 120 valence electrons. The summed E-state index contributed by atoms with van der Waals surface area (Å²) in [5.41, 5.74) is 0. The second-order valence-corrected chi connectivity index (χ2v) is 6.07. The van der Waals surface area contributed by atoms with Gasteiger partial charge in [-0.05, 0) is 25.8 Å². The molecule has 2 aliphatic rings. The fourth-order valence-electron chi connectivity index (χ4n) is 3.32. The molecule has 21 heavy (non-hydrogen) atoms. The third-order valence-corrected chi connectivity index (χ3v) is 4.41. The van der Waals surface area contributed by atoms with Gasteiger partial charge in [-0.15, -0.1) is 0 Å². The smallest absolute Gasteiger partial charge is 0.310 e. The Kier molecular flexibility index (Phi) is 5.99. The first-order chi connectivity index (χ1) is 10.1. The molecule has 1 saturated heterocycles. The molecular weight excluding hydrogens is 272 g/mol. The first kappa shape index (κ1) is 16.2. The van der Waals surface area contributed by atoms with Crippen LogP contribution in [0, 0.1) is 5.92 Å². The average molecular weight is 298 g/mol. The molecule has 0 aromatic rings. The summed E-state index contributed by atoms with van der Waals surface area (Å²) in [6.45, 7) is 3.66. The largest absolute Gasteiger partial charge is 0.481 e. The number of nitrogens with one attached hydrogen (secondary N) is 1. The third-order valence-electron chi connectivity index (χ3n) is 4.41.